The molecule has 1 heterocycles. The molecular formula is C17H15NS. The van der Waals surface area contributed by atoms with Gasteiger partial charge in [-0.2, -0.15) is 0 Å². The summed E-state index contributed by atoms with van der Waals surface area (Å²) in [5, 5.41) is 9.49. The maximum Gasteiger partial charge on any atom is 0.0802 e. The van der Waals surface area contributed by atoms with Crippen LogP contribution in [-0.4, -0.2) is 12.3 Å². The highest BCUT2D eigenvalue weighted by molar-refractivity contribution is 7.99. The first-order valence-corrected chi connectivity index (χ1v) is 7.74. The van der Waals surface area contributed by atoms with Crippen LogP contribution in [0, 0.1) is 0 Å². The van der Waals surface area contributed by atoms with Crippen molar-refractivity contribution in [1.29, 1.82) is 0 Å². The summed E-state index contributed by atoms with van der Waals surface area (Å²) < 4.78 is 0. The zero-order valence-corrected chi connectivity index (χ0v) is 11.4. The van der Waals surface area contributed by atoms with Gasteiger partial charge in [-0.05, 0) is 33.2 Å². The topological polar surface area (TPSA) is 12.0 Å². The Kier molecular flexibility index (Phi) is 2.71. The lowest BCUT2D eigenvalue weighted by Gasteiger charge is -2.16. The largest absolute Gasteiger partial charge is 0.301 e. The molecule has 1 aliphatic rings. The van der Waals surface area contributed by atoms with Crippen molar-refractivity contribution in [2.45, 2.75) is 5.37 Å². The smallest absolute Gasteiger partial charge is 0.0802 e. The van der Waals surface area contributed by atoms with Crippen LogP contribution in [0.4, 0.5) is 0 Å². The van der Waals surface area contributed by atoms with Gasteiger partial charge in [0.2, 0.25) is 0 Å². The van der Waals surface area contributed by atoms with Gasteiger partial charge in [-0.3, -0.25) is 0 Å². The number of nitrogens with one attached hydrogen (secondary N) is 1. The Morgan fingerprint density at radius 2 is 1.53 bits per heavy atom. The molecular weight excluding hydrogens is 250 g/mol. The first-order valence-electron chi connectivity index (χ1n) is 6.69. The molecule has 2 heteroatoms. The lowest BCUT2D eigenvalue weighted by atomic mass is 9.96. The fourth-order valence-electron chi connectivity index (χ4n) is 2.94. The Hall–Kier alpha value is -1.51. The van der Waals surface area contributed by atoms with Crippen molar-refractivity contribution in [1.82, 2.24) is 5.32 Å². The SMILES string of the molecule is c1ccc2c(C3NCCS3)c3ccccc3cc2c1. The van der Waals surface area contributed by atoms with Crippen molar-refractivity contribution >= 4 is 33.3 Å². The van der Waals surface area contributed by atoms with E-state index in [9.17, 15) is 0 Å². The van der Waals surface area contributed by atoms with Gasteiger partial charge in [-0.1, -0.05) is 48.5 Å². The van der Waals surface area contributed by atoms with Gasteiger partial charge in [0.25, 0.3) is 0 Å². The first kappa shape index (κ1) is 11.3. The van der Waals surface area contributed by atoms with Crippen LogP contribution in [0.15, 0.2) is 54.6 Å². The number of thioether (sulfide) groups is 1. The van der Waals surface area contributed by atoms with Gasteiger partial charge >= 0.3 is 0 Å². The summed E-state index contributed by atoms with van der Waals surface area (Å²) in [6.07, 6.45) is 0. The molecule has 3 aromatic rings. The van der Waals surface area contributed by atoms with Crippen molar-refractivity contribution < 1.29 is 0 Å². The Bertz CT molecular complexity index is 690. The summed E-state index contributed by atoms with van der Waals surface area (Å²) in [5.74, 6) is 1.20. The molecule has 0 bridgehead atoms. The summed E-state index contributed by atoms with van der Waals surface area (Å²) in [7, 11) is 0. The van der Waals surface area contributed by atoms with Gasteiger partial charge in [0.1, 0.15) is 0 Å². The van der Waals surface area contributed by atoms with Crippen molar-refractivity contribution in [2.24, 2.45) is 0 Å². The Balaban J connectivity index is 2.13. The van der Waals surface area contributed by atoms with E-state index in [2.05, 4.69) is 59.9 Å². The standard InChI is InChI=1S/C17H15NS/c1-3-7-14-12(5-1)11-13-6-2-4-8-15(13)16(14)17-18-9-10-19-17/h1-8,11,17-18H,9-10H2. The molecule has 1 aliphatic heterocycles. The van der Waals surface area contributed by atoms with Gasteiger partial charge in [-0.15, -0.1) is 11.8 Å². The van der Waals surface area contributed by atoms with E-state index in [1.54, 1.807) is 0 Å². The van der Waals surface area contributed by atoms with E-state index in [0.717, 1.165) is 6.54 Å². The molecule has 1 saturated heterocycles. The van der Waals surface area contributed by atoms with Crippen LogP contribution < -0.4 is 5.32 Å². The van der Waals surface area contributed by atoms with Crippen LogP contribution >= 0.6 is 11.8 Å². The molecule has 0 spiro atoms. The predicted octanol–water partition coefficient (Wildman–Crippen LogP) is 4.33. The summed E-state index contributed by atoms with van der Waals surface area (Å²) in [6, 6.07) is 19.7. The average molecular weight is 265 g/mol. The highest BCUT2D eigenvalue weighted by atomic mass is 32.2. The average Bonchev–Trinajstić information content (AvgIpc) is 2.98. The molecule has 0 aromatic heterocycles. The van der Waals surface area contributed by atoms with Crippen molar-refractivity contribution in [2.75, 3.05) is 12.3 Å². The molecule has 4 rings (SSSR count). The third kappa shape index (κ3) is 1.83. The molecule has 1 unspecified atom stereocenters. The zero-order valence-electron chi connectivity index (χ0n) is 10.6. The molecule has 3 aromatic carbocycles. The molecule has 1 fully saturated rings. The van der Waals surface area contributed by atoms with E-state index in [4.69, 9.17) is 0 Å². The first-order chi connectivity index (χ1) is 9.43. The Morgan fingerprint density at radius 3 is 2.11 bits per heavy atom. The molecule has 1 atom stereocenters. The third-order valence-electron chi connectivity index (χ3n) is 3.79. The van der Waals surface area contributed by atoms with Crippen LogP contribution in [0.1, 0.15) is 10.9 Å². The number of hydrogen-bond donors (Lipinski definition) is 1. The number of hydrogen-bond acceptors (Lipinski definition) is 2. The van der Waals surface area contributed by atoms with Crippen LogP contribution in [0.5, 0.6) is 0 Å². The minimum Gasteiger partial charge on any atom is -0.301 e. The monoisotopic (exact) mass is 265 g/mol. The highest BCUT2D eigenvalue weighted by Crippen LogP contribution is 2.39. The summed E-state index contributed by atoms with van der Waals surface area (Å²) in [5.41, 5.74) is 1.45. The summed E-state index contributed by atoms with van der Waals surface area (Å²) in [6.45, 7) is 1.10. The van der Waals surface area contributed by atoms with E-state index in [-0.39, 0.29) is 0 Å². The maximum absolute atomic E-state index is 3.62. The maximum atomic E-state index is 3.62. The second-order valence-corrected chi connectivity index (χ2v) is 6.15. The summed E-state index contributed by atoms with van der Waals surface area (Å²) >= 11 is 2.01. The summed E-state index contributed by atoms with van der Waals surface area (Å²) in [4.78, 5) is 0. The molecule has 1 nitrogen and oxygen atoms in total. The number of benzene rings is 3. The quantitative estimate of drug-likeness (QED) is 0.657. The molecule has 0 radical (unpaired) electrons. The van der Waals surface area contributed by atoms with Gasteiger partial charge in [0, 0.05) is 12.3 Å². The van der Waals surface area contributed by atoms with Gasteiger partial charge in [0.05, 0.1) is 5.37 Å². The van der Waals surface area contributed by atoms with Crippen LogP contribution in [0.2, 0.25) is 0 Å². The van der Waals surface area contributed by atoms with Crippen molar-refractivity contribution in [3.05, 3.63) is 60.2 Å². The minimum absolute atomic E-state index is 0.427. The number of rotatable bonds is 1. The van der Waals surface area contributed by atoms with E-state index in [1.807, 2.05) is 11.8 Å². The fraction of sp³-hybridized carbons (Fsp3) is 0.176. The van der Waals surface area contributed by atoms with Crippen molar-refractivity contribution in [3.63, 3.8) is 0 Å². The minimum atomic E-state index is 0.427. The van der Waals surface area contributed by atoms with E-state index in [0.29, 0.717) is 5.37 Å². The number of fused-ring (bicyclic) bond motifs is 2. The predicted molar refractivity (Wildman–Crippen MR) is 84.7 cm³/mol. The molecule has 19 heavy (non-hydrogen) atoms. The van der Waals surface area contributed by atoms with E-state index >= 15 is 0 Å². The van der Waals surface area contributed by atoms with Crippen LogP contribution in [0.25, 0.3) is 21.5 Å². The third-order valence-corrected chi connectivity index (χ3v) is 4.97. The normalized spacial score (nSPS) is 19.3. The van der Waals surface area contributed by atoms with Crippen LogP contribution in [0.3, 0.4) is 0 Å². The fourth-order valence-corrected chi connectivity index (χ4v) is 4.07. The molecule has 0 aliphatic carbocycles. The van der Waals surface area contributed by atoms with Crippen LogP contribution in [-0.2, 0) is 0 Å². The van der Waals surface area contributed by atoms with Gasteiger partial charge in [0.15, 0.2) is 0 Å². The second-order valence-electron chi connectivity index (χ2n) is 4.94. The van der Waals surface area contributed by atoms with E-state index < -0.39 is 0 Å². The Morgan fingerprint density at radius 1 is 0.895 bits per heavy atom. The highest BCUT2D eigenvalue weighted by Gasteiger charge is 2.21. The van der Waals surface area contributed by atoms with E-state index in [1.165, 1.54) is 32.9 Å². The zero-order chi connectivity index (χ0) is 12.7. The lowest BCUT2D eigenvalue weighted by molar-refractivity contribution is 0.759. The second kappa shape index (κ2) is 4.55. The van der Waals surface area contributed by atoms with Gasteiger partial charge in [-0.25, -0.2) is 0 Å². The lowest BCUT2D eigenvalue weighted by Crippen LogP contribution is -2.12. The molecule has 0 saturated carbocycles. The van der Waals surface area contributed by atoms with Crippen molar-refractivity contribution in [3.8, 4) is 0 Å². The molecule has 1 N–H and O–H groups in total. The van der Waals surface area contributed by atoms with Gasteiger partial charge < -0.3 is 5.32 Å². The Labute approximate surface area is 117 Å². The molecule has 0 amide bonds. The molecule has 94 valence electrons.